The second-order valence-corrected chi connectivity index (χ2v) is 12.9. The van der Waals surface area contributed by atoms with Gasteiger partial charge in [-0.15, -0.1) is 0 Å². The minimum Gasteiger partial charge on any atom is -0.332 e. The molecule has 0 aliphatic rings. The zero-order valence-corrected chi connectivity index (χ0v) is 27.5. The first-order valence-corrected chi connectivity index (χ1v) is 18.3. The molecular weight excluding hydrogens is 472 g/mol. The number of rotatable bonds is 30. The maximum Gasteiger partial charge on any atom is 0.111 e. The largest absolute Gasteiger partial charge is 0.332 e. The van der Waals surface area contributed by atoms with Crippen LogP contribution in [0, 0.1) is 0 Å². The molecule has 2 heteroatoms. The summed E-state index contributed by atoms with van der Waals surface area (Å²) in [6, 6.07) is 0.590. The monoisotopic (exact) mass is 545 g/mol. The summed E-state index contributed by atoms with van der Waals surface area (Å²) in [7, 11) is 0. The summed E-state index contributed by atoms with van der Waals surface area (Å²) < 4.78 is 2.57. The van der Waals surface area contributed by atoms with E-state index in [1.807, 2.05) is 0 Å². The van der Waals surface area contributed by atoms with Crippen molar-refractivity contribution in [3.8, 4) is 0 Å². The Hall–Kier alpha value is -0.790. The van der Waals surface area contributed by atoms with Crippen molar-refractivity contribution in [2.24, 2.45) is 0 Å². The van der Waals surface area contributed by atoms with E-state index in [9.17, 15) is 0 Å². The molecule has 39 heavy (non-hydrogen) atoms. The van der Waals surface area contributed by atoms with Gasteiger partial charge in [0.25, 0.3) is 0 Å². The molecule has 0 aromatic carbocycles. The van der Waals surface area contributed by atoms with E-state index in [4.69, 9.17) is 4.98 Å². The van der Waals surface area contributed by atoms with Crippen LogP contribution in [-0.4, -0.2) is 9.55 Å². The lowest BCUT2D eigenvalue weighted by atomic mass is 9.92. The van der Waals surface area contributed by atoms with E-state index >= 15 is 0 Å². The Kier molecular flexibility index (Phi) is 25.4. The van der Waals surface area contributed by atoms with Gasteiger partial charge in [-0.05, 0) is 26.2 Å². The van der Waals surface area contributed by atoms with Crippen molar-refractivity contribution in [1.29, 1.82) is 0 Å². The van der Waals surface area contributed by atoms with Gasteiger partial charge in [-0.3, -0.25) is 0 Å². The molecule has 0 aliphatic carbocycles. The standard InChI is InChI=1S/C37H72N2/c1-5-8-11-14-17-19-22-24-27-30-35(4)39-34-33-38-37(39)36(31-28-25-21-16-13-10-7-3)32-29-26-23-20-18-15-12-9-6-2/h33-36H,5-32H2,1-4H3. The molecule has 0 saturated carbocycles. The molecule has 2 nitrogen and oxygen atoms in total. The summed E-state index contributed by atoms with van der Waals surface area (Å²) in [5.41, 5.74) is 0. The van der Waals surface area contributed by atoms with Crippen LogP contribution in [0.25, 0.3) is 0 Å². The lowest BCUT2D eigenvalue weighted by Crippen LogP contribution is -2.13. The Morgan fingerprint density at radius 2 is 0.821 bits per heavy atom. The quantitative estimate of drug-likeness (QED) is 0.0880. The molecule has 0 amide bonds. The van der Waals surface area contributed by atoms with Gasteiger partial charge in [0, 0.05) is 24.4 Å². The maximum absolute atomic E-state index is 4.99. The summed E-state index contributed by atoms with van der Waals surface area (Å²) in [6.07, 6.45) is 43.7. The van der Waals surface area contributed by atoms with Crippen LogP contribution in [0.3, 0.4) is 0 Å². The molecule has 0 spiro atoms. The summed E-state index contributed by atoms with van der Waals surface area (Å²) in [6.45, 7) is 9.38. The summed E-state index contributed by atoms with van der Waals surface area (Å²) in [5.74, 6) is 2.06. The third kappa shape index (κ3) is 19.8. The molecule has 2 unspecified atom stereocenters. The summed E-state index contributed by atoms with van der Waals surface area (Å²) in [4.78, 5) is 4.99. The van der Waals surface area contributed by atoms with Crippen molar-refractivity contribution in [2.75, 3.05) is 0 Å². The van der Waals surface area contributed by atoms with Gasteiger partial charge in [0.15, 0.2) is 0 Å². The first-order valence-electron chi connectivity index (χ1n) is 18.3. The highest BCUT2D eigenvalue weighted by molar-refractivity contribution is 5.02. The van der Waals surface area contributed by atoms with Crippen molar-refractivity contribution >= 4 is 0 Å². The lowest BCUT2D eigenvalue weighted by molar-refractivity contribution is 0.412. The molecular formula is C37H72N2. The van der Waals surface area contributed by atoms with Gasteiger partial charge in [0.2, 0.25) is 0 Å². The smallest absolute Gasteiger partial charge is 0.111 e. The number of nitrogens with zero attached hydrogens (tertiary/aromatic N) is 2. The first-order chi connectivity index (χ1) is 19.2. The molecule has 2 atom stereocenters. The van der Waals surface area contributed by atoms with Crippen LogP contribution in [0.2, 0.25) is 0 Å². The molecule has 1 rings (SSSR count). The highest BCUT2D eigenvalue weighted by Crippen LogP contribution is 2.31. The number of hydrogen-bond acceptors (Lipinski definition) is 1. The van der Waals surface area contributed by atoms with Crippen molar-refractivity contribution < 1.29 is 0 Å². The van der Waals surface area contributed by atoms with Gasteiger partial charge < -0.3 is 4.57 Å². The van der Waals surface area contributed by atoms with Gasteiger partial charge in [-0.1, -0.05) is 181 Å². The Morgan fingerprint density at radius 1 is 0.487 bits per heavy atom. The summed E-state index contributed by atoms with van der Waals surface area (Å²) in [5, 5.41) is 0. The fourth-order valence-corrected chi connectivity index (χ4v) is 6.35. The van der Waals surface area contributed by atoms with Gasteiger partial charge in [0.1, 0.15) is 5.82 Å². The van der Waals surface area contributed by atoms with Gasteiger partial charge in [0.05, 0.1) is 0 Å². The second kappa shape index (κ2) is 27.4. The van der Waals surface area contributed by atoms with Gasteiger partial charge in [-0.25, -0.2) is 4.98 Å². The molecule has 230 valence electrons. The van der Waals surface area contributed by atoms with E-state index in [1.54, 1.807) is 0 Å². The van der Waals surface area contributed by atoms with E-state index < -0.39 is 0 Å². The molecule has 0 radical (unpaired) electrons. The molecule has 1 aromatic heterocycles. The highest BCUT2D eigenvalue weighted by Gasteiger charge is 2.19. The highest BCUT2D eigenvalue weighted by atomic mass is 15.1. The van der Waals surface area contributed by atoms with E-state index in [0.29, 0.717) is 12.0 Å². The zero-order valence-electron chi connectivity index (χ0n) is 27.5. The van der Waals surface area contributed by atoms with Crippen molar-refractivity contribution in [1.82, 2.24) is 9.55 Å². The SMILES string of the molecule is CCCCCCCCCCCC(CCCCCCCCC)c1nccn1C(C)CCCCCCCCCCC. The van der Waals surface area contributed by atoms with Crippen LogP contribution < -0.4 is 0 Å². The normalized spacial score (nSPS) is 13.2. The van der Waals surface area contributed by atoms with Crippen LogP contribution in [0.15, 0.2) is 12.4 Å². The van der Waals surface area contributed by atoms with Crippen LogP contribution in [0.4, 0.5) is 0 Å². The Labute approximate surface area is 246 Å². The van der Waals surface area contributed by atoms with Crippen LogP contribution >= 0.6 is 0 Å². The average molecular weight is 545 g/mol. The van der Waals surface area contributed by atoms with Gasteiger partial charge in [-0.2, -0.15) is 0 Å². The van der Waals surface area contributed by atoms with Crippen molar-refractivity contribution in [2.45, 2.75) is 219 Å². The lowest BCUT2D eigenvalue weighted by Gasteiger charge is -2.22. The fraction of sp³-hybridized carbons (Fsp3) is 0.919. The zero-order chi connectivity index (χ0) is 28.2. The average Bonchev–Trinajstić information content (AvgIpc) is 3.44. The van der Waals surface area contributed by atoms with Crippen LogP contribution in [0.5, 0.6) is 0 Å². The predicted octanol–water partition coefficient (Wildman–Crippen LogP) is 13.5. The number of imidazole rings is 1. The Balaban J connectivity index is 2.45. The molecule has 0 N–H and O–H groups in total. The van der Waals surface area contributed by atoms with E-state index in [2.05, 4.69) is 44.7 Å². The predicted molar refractivity (Wildman–Crippen MR) is 176 cm³/mol. The van der Waals surface area contributed by atoms with Crippen LogP contribution in [0.1, 0.15) is 225 Å². The maximum atomic E-state index is 4.99. The second-order valence-electron chi connectivity index (χ2n) is 12.9. The molecule has 0 aliphatic heterocycles. The van der Waals surface area contributed by atoms with Crippen molar-refractivity contribution in [3.63, 3.8) is 0 Å². The molecule has 0 saturated heterocycles. The van der Waals surface area contributed by atoms with E-state index in [0.717, 1.165) is 0 Å². The fourth-order valence-electron chi connectivity index (χ4n) is 6.35. The minimum atomic E-state index is 0.590. The molecule has 0 bridgehead atoms. The van der Waals surface area contributed by atoms with E-state index in [1.165, 1.54) is 186 Å². The van der Waals surface area contributed by atoms with E-state index in [-0.39, 0.29) is 0 Å². The number of hydrogen-bond donors (Lipinski definition) is 0. The molecule has 1 aromatic rings. The third-order valence-electron chi connectivity index (χ3n) is 9.08. The Morgan fingerprint density at radius 3 is 1.21 bits per heavy atom. The molecule has 0 fully saturated rings. The third-order valence-corrected chi connectivity index (χ3v) is 9.08. The van der Waals surface area contributed by atoms with Crippen molar-refractivity contribution in [3.05, 3.63) is 18.2 Å². The van der Waals surface area contributed by atoms with Gasteiger partial charge >= 0.3 is 0 Å². The molecule has 1 heterocycles. The Bertz CT molecular complexity index is 606. The van der Waals surface area contributed by atoms with Crippen LogP contribution in [-0.2, 0) is 0 Å². The minimum absolute atomic E-state index is 0.590. The number of unbranched alkanes of at least 4 members (excludes halogenated alkanes) is 22. The topological polar surface area (TPSA) is 17.8 Å². The summed E-state index contributed by atoms with van der Waals surface area (Å²) >= 11 is 0. The first kappa shape index (κ1) is 36.2. The number of aromatic nitrogens is 2.